The zero-order valence-corrected chi connectivity index (χ0v) is 14.9. The summed E-state index contributed by atoms with van der Waals surface area (Å²) >= 11 is 1.64. The van der Waals surface area contributed by atoms with Gasteiger partial charge in [-0.3, -0.25) is 4.79 Å². The number of aromatic nitrogens is 1. The Hall–Kier alpha value is -1.88. The fourth-order valence-electron chi connectivity index (χ4n) is 3.11. The van der Waals surface area contributed by atoms with Crippen LogP contribution in [0.5, 0.6) is 5.75 Å². The summed E-state index contributed by atoms with van der Waals surface area (Å²) in [7, 11) is 1.66. The Labute approximate surface area is 147 Å². The van der Waals surface area contributed by atoms with Gasteiger partial charge in [0.15, 0.2) is 0 Å². The Morgan fingerprint density at radius 3 is 2.71 bits per heavy atom. The first-order valence-corrected chi connectivity index (χ1v) is 9.51. The van der Waals surface area contributed by atoms with Crippen molar-refractivity contribution in [3.63, 3.8) is 0 Å². The molecule has 1 fully saturated rings. The molecular formula is C19H24N2O2S. The molecule has 24 heavy (non-hydrogen) atoms. The summed E-state index contributed by atoms with van der Waals surface area (Å²) in [6, 6.07) is 7.93. The number of methoxy groups -OCH3 is 1. The van der Waals surface area contributed by atoms with Gasteiger partial charge < -0.3 is 10.1 Å². The molecule has 4 nitrogen and oxygen atoms in total. The number of rotatable bonds is 6. The maximum Gasteiger partial charge on any atom is 0.223 e. The molecule has 3 rings (SSSR count). The van der Waals surface area contributed by atoms with E-state index in [9.17, 15) is 4.79 Å². The number of carbonyl (C=O) groups excluding carboxylic acids is 1. The maximum atomic E-state index is 12.1. The molecule has 0 bridgehead atoms. The average Bonchev–Trinajstić information content (AvgIpc) is 3.11. The molecule has 0 spiro atoms. The van der Waals surface area contributed by atoms with Crippen molar-refractivity contribution >= 4 is 17.2 Å². The van der Waals surface area contributed by atoms with Gasteiger partial charge in [0.25, 0.3) is 0 Å². The number of hydrogen-bond donors (Lipinski definition) is 1. The first kappa shape index (κ1) is 17.0. The van der Waals surface area contributed by atoms with Gasteiger partial charge in [0.1, 0.15) is 10.8 Å². The Balaban J connectivity index is 1.49. The molecule has 0 unspecified atom stereocenters. The molecule has 1 aromatic heterocycles. The van der Waals surface area contributed by atoms with Crippen LogP contribution in [0.15, 0.2) is 29.6 Å². The minimum Gasteiger partial charge on any atom is -0.497 e. The highest BCUT2D eigenvalue weighted by molar-refractivity contribution is 7.13. The van der Waals surface area contributed by atoms with Gasteiger partial charge in [0.05, 0.1) is 12.8 Å². The van der Waals surface area contributed by atoms with Crippen molar-refractivity contribution in [2.75, 3.05) is 13.7 Å². The molecule has 128 valence electrons. The van der Waals surface area contributed by atoms with E-state index in [1.807, 2.05) is 24.3 Å². The van der Waals surface area contributed by atoms with E-state index in [0.29, 0.717) is 6.54 Å². The molecule has 1 aliphatic carbocycles. The third-order valence-electron chi connectivity index (χ3n) is 4.55. The summed E-state index contributed by atoms with van der Waals surface area (Å²) in [6.07, 6.45) is 6.53. The molecule has 0 atom stereocenters. The number of benzene rings is 1. The van der Waals surface area contributed by atoms with Crippen LogP contribution < -0.4 is 10.1 Å². The van der Waals surface area contributed by atoms with E-state index in [1.54, 1.807) is 18.4 Å². The number of nitrogens with one attached hydrogen (secondary N) is 1. The molecule has 1 heterocycles. The summed E-state index contributed by atoms with van der Waals surface area (Å²) in [5.74, 6) is 1.30. The third-order valence-corrected chi connectivity index (χ3v) is 5.49. The lowest BCUT2D eigenvalue weighted by molar-refractivity contribution is -0.125. The first-order valence-electron chi connectivity index (χ1n) is 8.63. The summed E-state index contributed by atoms with van der Waals surface area (Å²) in [5.41, 5.74) is 2.13. The lowest BCUT2D eigenvalue weighted by atomic mass is 9.89. The van der Waals surface area contributed by atoms with Crippen LogP contribution in [0, 0.1) is 5.92 Å². The van der Waals surface area contributed by atoms with Crippen LogP contribution in [0.3, 0.4) is 0 Å². The number of thiazole rings is 1. The normalized spacial score (nSPS) is 15.2. The Kier molecular flexibility index (Phi) is 5.86. The van der Waals surface area contributed by atoms with Crippen molar-refractivity contribution in [3.05, 3.63) is 35.3 Å². The van der Waals surface area contributed by atoms with Crippen LogP contribution in [0.4, 0.5) is 0 Å². The number of nitrogens with zero attached hydrogens (tertiary/aromatic N) is 1. The van der Waals surface area contributed by atoms with Crippen LogP contribution in [-0.4, -0.2) is 24.5 Å². The highest BCUT2D eigenvalue weighted by Gasteiger charge is 2.20. The summed E-state index contributed by atoms with van der Waals surface area (Å²) < 4.78 is 5.18. The largest absolute Gasteiger partial charge is 0.497 e. The third kappa shape index (κ3) is 4.35. The standard InChI is InChI=1S/C19H24N2O2S/c1-23-17-9-7-15(8-10-17)19-21-16(13-24-19)11-12-20-18(22)14-5-3-2-4-6-14/h7-10,13-14H,2-6,11-12H2,1H3,(H,20,22). The molecule has 1 N–H and O–H groups in total. The molecule has 1 aliphatic rings. The van der Waals surface area contributed by atoms with Crippen molar-refractivity contribution in [3.8, 4) is 16.3 Å². The van der Waals surface area contributed by atoms with Crippen molar-refractivity contribution in [2.24, 2.45) is 5.92 Å². The molecule has 1 amide bonds. The van der Waals surface area contributed by atoms with Gasteiger partial charge >= 0.3 is 0 Å². The fourth-order valence-corrected chi connectivity index (χ4v) is 3.97. The minimum atomic E-state index is 0.223. The van der Waals surface area contributed by atoms with E-state index in [-0.39, 0.29) is 11.8 Å². The van der Waals surface area contributed by atoms with E-state index in [1.165, 1.54) is 19.3 Å². The number of amides is 1. The zero-order valence-electron chi connectivity index (χ0n) is 14.1. The summed E-state index contributed by atoms with van der Waals surface area (Å²) in [4.78, 5) is 16.8. The van der Waals surface area contributed by atoms with Crippen molar-refractivity contribution in [1.82, 2.24) is 10.3 Å². The Bertz CT molecular complexity index is 660. The van der Waals surface area contributed by atoms with Crippen molar-refractivity contribution in [2.45, 2.75) is 38.5 Å². The second-order valence-corrected chi connectivity index (χ2v) is 7.11. The van der Waals surface area contributed by atoms with E-state index in [2.05, 4.69) is 15.7 Å². The van der Waals surface area contributed by atoms with Crippen LogP contribution in [0.1, 0.15) is 37.8 Å². The second kappa shape index (κ2) is 8.29. The van der Waals surface area contributed by atoms with Gasteiger partial charge in [-0.2, -0.15) is 0 Å². The van der Waals surface area contributed by atoms with Gasteiger partial charge in [-0.1, -0.05) is 19.3 Å². The maximum absolute atomic E-state index is 12.1. The number of ether oxygens (including phenoxy) is 1. The van der Waals surface area contributed by atoms with Crippen LogP contribution in [-0.2, 0) is 11.2 Å². The monoisotopic (exact) mass is 344 g/mol. The molecule has 2 aromatic rings. The summed E-state index contributed by atoms with van der Waals surface area (Å²) in [5, 5.41) is 6.16. The highest BCUT2D eigenvalue weighted by Crippen LogP contribution is 2.26. The molecule has 0 aliphatic heterocycles. The predicted molar refractivity (Wildman–Crippen MR) is 97.4 cm³/mol. The van der Waals surface area contributed by atoms with Crippen LogP contribution >= 0.6 is 11.3 Å². The fraction of sp³-hybridized carbons (Fsp3) is 0.474. The minimum absolute atomic E-state index is 0.223. The first-order chi connectivity index (χ1) is 11.8. The SMILES string of the molecule is COc1ccc(-c2nc(CCNC(=O)C3CCCCC3)cs2)cc1. The van der Waals surface area contributed by atoms with Gasteiger partial charge in [-0.15, -0.1) is 11.3 Å². The highest BCUT2D eigenvalue weighted by atomic mass is 32.1. The second-order valence-electron chi connectivity index (χ2n) is 6.25. The molecule has 1 aromatic carbocycles. The van der Waals surface area contributed by atoms with Crippen LogP contribution in [0.25, 0.3) is 10.6 Å². The number of hydrogen-bond acceptors (Lipinski definition) is 4. The van der Waals surface area contributed by atoms with Gasteiger partial charge in [-0.25, -0.2) is 4.98 Å². The van der Waals surface area contributed by atoms with Crippen molar-refractivity contribution < 1.29 is 9.53 Å². The van der Waals surface area contributed by atoms with E-state index >= 15 is 0 Å². The van der Waals surface area contributed by atoms with Gasteiger partial charge in [0.2, 0.25) is 5.91 Å². The Morgan fingerprint density at radius 1 is 1.25 bits per heavy atom. The molecular weight excluding hydrogens is 320 g/mol. The Morgan fingerprint density at radius 2 is 2.00 bits per heavy atom. The topological polar surface area (TPSA) is 51.2 Å². The van der Waals surface area contributed by atoms with E-state index < -0.39 is 0 Å². The van der Waals surface area contributed by atoms with Crippen molar-refractivity contribution in [1.29, 1.82) is 0 Å². The molecule has 0 saturated heterocycles. The quantitative estimate of drug-likeness (QED) is 0.860. The summed E-state index contributed by atoms with van der Waals surface area (Å²) in [6.45, 7) is 0.668. The molecule has 0 radical (unpaired) electrons. The molecule has 1 saturated carbocycles. The predicted octanol–water partition coefficient (Wildman–Crippen LogP) is 4.06. The van der Waals surface area contributed by atoms with Gasteiger partial charge in [-0.05, 0) is 37.1 Å². The smallest absolute Gasteiger partial charge is 0.223 e. The van der Waals surface area contributed by atoms with E-state index in [4.69, 9.17) is 4.74 Å². The van der Waals surface area contributed by atoms with Gasteiger partial charge in [0, 0.05) is 29.8 Å². The lowest BCUT2D eigenvalue weighted by Gasteiger charge is -2.20. The molecule has 5 heteroatoms. The van der Waals surface area contributed by atoms with Crippen LogP contribution in [0.2, 0.25) is 0 Å². The van der Waals surface area contributed by atoms with E-state index in [0.717, 1.165) is 41.3 Å². The lowest BCUT2D eigenvalue weighted by Crippen LogP contribution is -2.33. The zero-order chi connectivity index (χ0) is 16.8. The number of carbonyl (C=O) groups is 1. The average molecular weight is 344 g/mol.